The quantitative estimate of drug-likeness (QED) is 0.482. The lowest BCUT2D eigenvalue weighted by atomic mass is 10.1. The van der Waals surface area contributed by atoms with Crippen molar-refractivity contribution in [2.45, 2.75) is 44.4 Å². The van der Waals surface area contributed by atoms with Crippen molar-refractivity contribution in [3.05, 3.63) is 35.9 Å². The van der Waals surface area contributed by atoms with Gasteiger partial charge in [-0.3, -0.25) is 9.89 Å². The molecule has 2 heterocycles. The Morgan fingerprint density at radius 3 is 2.85 bits per heavy atom. The van der Waals surface area contributed by atoms with Crippen molar-refractivity contribution in [2.24, 2.45) is 10.9 Å². The van der Waals surface area contributed by atoms with Crippen LogP contribution in [0.25, 0.3) is 0 Å². The number of hydrogen-bond acceptors (Lipinski definition) is 3. The number of fused-ring (bicyclic) bond motifs is 1. The van der Waals surface area contributed by atoms with E-state index in [0.29, 0.717) is 6.04 Å². The normalized spacial score (nSPS) is 26.8. The van der Waals surface area contributed by atoms with Crippen LogP contribution in [0.4, 0.5) is 0 Å². The maximum absolute atomic E-state index is 6.09. The van der Waals surface area contributed by atoms with Crippen LogP contribution in [0.1, 0.15) is 31.2 Å². The van der Waals surface area contributed by atoms with Gasteiger partial charge < -0.3 is 15.0 Å². The van der Waals surface area contributed by atoms with Gasteiger partial charge in [-0.1, -0.05) is 43.2 Å². The largest absolute Gasteiger partial charge is 0.373 e. The van der Waals surface area contributed by atoms with Crippen molar-refractivity contribution >= 4 is 5.96 Å². The Morgan fingerprint density at radius 1 is 1.23 bits per heavy atom. The van der Waals surface area contributed by atoms with Crippen LogP contribution in [-0.4, -0.2) is 67.7 Å². The Kier molecular flexibility index (Phi) is 5.75. The highest BCUT2D eigenvalue weighted by Crippen LogP contribution is 2.33. The van der Waals surface area contributed by atoms with Gasteiger partial charge in [0.15, 0.2) is 5.96 Å². The Morgan fingerprint density at radius 2 is 2.08 bits per heavy atom. The highest BCUT2D eigenvalue weighted by molar-refractivity contribution is 5.80. The fourth-order valence-electron chi connectivity index (χ4n) is 4.28. The van der Waals surface area contributed by atoms with Gasteiger partial charge in [-0.05, 0) is 24.3 Å². The van der Waals surface area contributed by atoms with Crippen molar-refractivity contribution < 1.29 is 4.74 Å². The highest BCUT2D eigenvalue weighted by Gasteiger charge is 2.41. The summed E-state index contributed by atoms with van der Waals surface area (Å²) < 4.78 is 6.09. The lowest BCUT2D eigenvalue weighted by Crippen LogP contribution is -2.50. The summed E-state index contributed by atoms with van der Waals surface area (Å²) in [5.41, 5.74) is 1.38. The second-order valence-corrected chi connectivity index (χ2v) is 7.90. The number of morpholine rings is 1. The number of nitrogens with zero attached hydrogens (tertiary/aromatic N) is 3. The van der Waals surface area contributed by atoms with Gasteiger partial charge in [-0.15, -0.1) is 0 Å². The number of hydrogen-bond donors (Lipinski definition) is 1. The smallest absolute Gasteiger partial charge is 0.193 e. The predicted molar refractivity (Wildman–Crippen MR) is 105 cm³/mol. The van der Waals surface area contributed by atoms with Crippen molar-refractivity contribution in [1.29, 1.82) is 0 Å². The third kappa shape index (κ3) is 4.38. The number of rotatable bonds is 6. The van der Waals surface area contributed by atoms with E-state index in [1.807, 2.05) is 7.05 Å². The number of aliphatic imine (C=N–C) groups is 1. The molecule has 4 rings (SSSR count). The maximum Gasteiger partial charge on any atom is 0.193 e. The van der Waals surface area contributed by atoms with Gasteiger partial charge in [0.25, 0.3) is 0 Å². The minimum Gasteiger partial charge on any atom is -0.373 e. The molecule has 1 saturated carbocycles. The minimum atomic E-state index is 0.289. The van der Waals surface area contributed by atoms with Crippen LogP contribution >= 0.6 is 0 Å². The molecular weight excluding hydrogens is 324 g/mol. The summed E-state index contributed by atoms with van der Waals surface area (Å²) in [6.45, 7) is 5.82. The van der Waals surface area contributed by atoms with Crippen LogP contribution in [0.5, 0.6) is 0 Å². The zero-order chi connectivity index (χ0) is 17.8. The summed E-state index contributed by atoms with van der Waals surface area (Å²) >= 11 is 0. The number of guanidine groups is 1. The van der Waals surface area contributed by atoms with E-state index in [9.17, 15) is 0 Å². The molecule has 142 valence electrons. The Balaban J connectivity index is 1.32. The van der Waals surface area contributed by atoms with Gasteiger partial charge >= 0.3 is 0 Å². The van der Waals surface area contributed by atoms with E-state index in [0.717, 1.165) is 51.2 Å². The fraction of sp³-hybridized carbons (Fsp3) is 0.667. The zero-order valence-corrected chi connectivity index (χ0v) is 15.9. The molecule has 3 fully saturated rings. The van der Waals surface area contributed by atoms with E-state index in [1.54, 1.807) is 0 Å². The lowest BCUT2D eigenvalue weighted by Gasteiger charge is -2.36. The van der Waals surface area contributed by atoms with E-state index >= 15 is 0 Å². The third-order valence-corrected chi connectivity index (χ3v) is 5.93. The Labute approximate surface area is 157 Å². The molecule has 1 aromatic rings. The number of benzene rings is 1. The molecule has 1 N–H and O–H groups in total. The molecule has 1 aromatic carbocycles. The summed E-state index contributed by atoms with van der Waals surface area (Å²) in [6, 6.07) is 11.2. The molecule has 26 heavy (non-hydrogen) atoms. The average Bonchev–Trinajstić information content (AvgIpc) is 3.39. The lowest BCUT2D eigenvalue weighted by molar-refractivity contribution is -0.0502. The van der Waals surface area contributed by atoms with Crippen LogP contribution in [0, 0.1) is 5.92 Å². The fourth-order valence-corrected chi connectivity index (χ4v) is 4.28. The molecule has 3 aliphatic rings. The second-order valence-electron chi connectivity index (χ2n) is 7.90. The molecule has 0 bridgehead atoms. The van der Waals surface area contributed by atoms with Gasteiger partial charge in [0, 0.05) is 39.8 Å². The van der Waals surface area contributed by atoms with E-state index in [2.05, 4.69) is 50.4 Å². The van der Waals surface area contributed by atoms with Crippen molar-refractivity contribution in [1.82, 2.24) is 15.1 Å². The van der Waals surface area contributed by atoms with Crippen molar-refractivity contribution in [3.63, 3.8) is 0 Å². The van der Waals surface area contributed by atoms with Crippen molar-refractivity contribution in [3.8, 4) is 0 Å². The van der Waals surface area contributed by atoms with Gasteiger partial charge in [0.2, 0.25) is 0 Å². The SMILES string of the molecule is CN=C(NCCCC1CC1)N1CC2OCCN(Cc3ccccc3)C2C1. The van der Waals surface area contributed by atoms with Crippen LogP contribution in [0.2, 0.25) is 0 Å². The molecule has 2 saturated heterocycles. The van der Waals surface area contributed by atoms with E-state index < -0.39 is 0 Å². The molecule has 2 aliphatic heterocycles. The van der Waals surface area contributed by atoms with E-state index in [1.165, 1.54) is 31.2 Å². The molecule has 2 unspecified atom stereocenters. The first kappa shape index (κ1) is 17.8. The molecule has 0 spiro atoms. The zero-order valence-electron chi connectivity index (χ0n) is 15.9. The monoisotopic (exact) mass is 356 g/mol. The molecule has 0 radical (unpaired) electrons. The van der Waals surface area contributed by atoms with Crippen LogP contribution in [0.3, 0.4) is 0 Å². The summed E-state index contributed by atoms with van der Waals surface area (Å²) in [5, 5.41) is 3.57. The van der Waals surface area contributed by atoms with Crippen LogP contribution in [0.15, 0.2) is 35.3 Å². The Hall–Kier alpha value is -1.59. The molecule has 5 nitrogen and oxygen atoms in total. The molecule has 2 atom stereocenters. The molecule has 0 amide bonds. The standard InChI is InChI=1S/C21H32N4O/c1-22-21(23-11-5-8-17-9-10-17)25-15-19-20(16-25)26-13-12-24(19)14-18-6-3-2-4-7-18/h2-4,6-7,17,19-20H,5,8-16H2,1H3,(H,22,23). The summed E-state index contributed by atoms with van der Waals surface area (Å²) in [6.07, 6.45) is 5.79. The average molecular weight is 357 g/mol. The molecule has 0 aromatic heterocycles. The molecule has 5 heteroatoms. The Bertz CT molecular complexity index is 601. The maximum atomic E-state index is 6.09. The molecule has 1 aliphatic carbocycles. The first-order chi connectivity index (χ1) is 12.8. The second kappa shape index (κ2) is 8.40. The molecular formula is C21H32N4O. The minimum absolute atomic E-state index is 0.289. The number of nitrogens with one attached hydrogen (secondary N) is 1. The summed E-state index contributed by atoms with van der Waals surface area (Å²) in [4.78, 5) is 9.50. The topological polar surface area (TPSA) is 40.1 Å². The van der Waals surface area contributed by atoms with Gasteiger partial charge in [-0.25, -0.2) is 0 Å². The summed E-state index contributed by atoms with van der Waals surface area (Å²) in [7, 11) is 1.90. The first-order valence-electron chi connectivity index (χ1n) is 10.2. The first-order valence-corrected chi connectivity index (χ1v) is 10.2. The van der Waals surface area contributed by atoms with E-state index in [-0.39, 0.29) is 6.10 Å². The van der Waals surface area contributed by atoms with Gasteiger partial charge in [0.05, 0.1) is 18.8 Å². The third-order valence-electron chi connectivity index (χ3n) is 5.93. The highest BCUT2D eigenvalue weighted by atomic mass is 16.5. The van der Waals surface area contributed by atoms with Gasteiger partial charge in [-0.2, -0.15) is 0 Å². The number of likely N-dealkylation sites (tertiary alicyclic amines) is 1. The predicted octanol–water partition coefficient (Wildman–Crippen LogP) is 2.34. The summed E-state index contributed by atoms with van der Waals surface area (Å²) in [5.74, 6) is 2.05. The number of ether oxygens (including phenoxy) is 1. The van der Waals surface area contributed by atoms with Crippen molar-refractivity contribution in [2.75, 3.05) is 39.8 Å². The van der Waals surface area contributed by atoms with Crippen LogP contribution < -0.4 is 5.32 Å². The van der Waals surface area contributed by atoms with Crippen LogP contribution in [-0.2, 0) is 11.3 Å². The van der Waals surface area contributed by atoms with E-state index in [4.69, 9.17) is 4.74 Å². The van der Waals surface area contributed by atoms with Gasteiger partial charge in [0.1, 0.15) is 0 Å².